The SMILES string of the molecule is COc1ccccc1OCC(=O)Nc1ccc(-c2cnc(C)[nH]2)cc1. The molecule has 2 aromatic carbocycles. The number of hydrogen-bond acceptors (Lipinski definition) is 4. The van der Waals surface area contributed by atoms with Crippen LogP contribution in [0, 0.1) is 6.92 Å². The van der Waals surface area contributed by atoms with Gasteiger partial charge in [0.2, 0.25) is 0 Å². The Balaban J connectivity index is 1.57. The highest BCUT2D eigenvalue weighted by Gasteiger charge is 2.08. The van der Waals surface area contributed by atoms with Crippen molar-refractivity contribution in [2.75, 3.05) is 19.0 Å². The van der Waals surface area contributed by atoms with E-state index in [0.717, 1.165) is 17.1 Å². The first-order chi connectivity index (χ1) is 12.2. The lowest BCUT2D eigenvalue weighted by Gasteiger charge is -2.10. The first-order valence-corrected chi connectivity index (χ1v) is 7.83. The highest BCUT2D eigenvalue weighted by Crippen LogP contribution is 2.25. The molecule has 6 heteroatoms. The van der Waals surface area contributed by atoms with Gasteiger partial charge in [-0.3, -0.25) is 4.79 Å². The first kappa shape index (κ1) is 16.6. The van der Waals surface area contributed by atoms with E-state index in [0.29, 0.717) is 17.2 Å². The third kappa shape index (κ3) is 4.17. The molecule has 0 aliphatic heterocycles. The lowest BCUT2D eigenvalue weighted by Crippen LogP contribution is -2.20. The summed E-state index contributed by atoms with van der Waals surface area (Å²) in [6.07, 6.45) is 1.78. The molecule has 1 amide bonds. The Morgan fingerprint density at radius 1 is 1.12 bits per heavy atom. The van der Waals surface area contributed by atoms with E-state index in [9.17, 15) is 4.79 Å². The van der Waals surface area contributed by atoms with Crippen LogP contribution in [0.5, 0.6) is 11.5 Å². The van der Waals surface area contributed by atoms with Crippen molar-refractivity contribution < 1.29 is 14.3 Å². The van der Waals surface area contributed by atoms with Gasteiger partial charge in [0.1, 0.15) is 5.82 Å². The molecule has 3 aromatic rings. The number of methoxy groups -OCH3 is 1. The van der Waals surface area contributed by atoms with Crippen molar-refractivity contribution in [3.63, 3.8) is 0 Å². The van der Waals surface area contributed by atoms with Crippen molar-refractivity contribution in [3.8, 4) is 22.8 Å². The summed E-state index contributed by atoms with van der Waals surface area (Å²) in [5.41, 5.74) is 2.65. The number of imidazole rings is 1. The number of hydrogen-bond donors (Lipinski definition) is 2. The van der Waals surface area contributed by atoms with Gasteiger partial charge in [-0.1, -0.05) is 24.3 Å². The molecule has 25 heavy (non-hydrogen) atoms. The summed E-state index contributed by atoms with van der Waals surface area (Å²) in [4.78, 5) is 19.4. The molecule has 2 N–H and O–H groups in total. The minimum atomic E-state index is -0.240. The first-order valence-electron chi connectivity index (χ1n) is 7.83. The molecule has 0 spiro atoms. The van der Waals surface area contributed by atoms with Crippen molar-refractivity contribution in [3.05, 3.63) is 60.6 Å². The second-order valence-electron chi connectivity index (χ2n) is 5.45. The molecule has 0 fully saturated rings. The van der Waals surface area contributed by atoms with Crippen molar-refractivity contribution in [2.45, 2.75) is 6.92 Å². The summed E-state index contributed by atoms with van der Waals surface area (Å²) in [5, 5.41) is 2.80. The maximum absolute atomic E-state index is 12.1. The zero-order valence-corrected chi connectivity index (χ0v) is 14.1. The molecule has 0 saturated heterocycles. The molecular formula is C19H19N3O3. The number of carbonyl (C=O) groups is 1. The fraction of sp³-hybridized carbons (Fsp3) is 0.158. The van der Waals surface area contributed by atoms with E-state index in [1.54, 1.807) is 25.4 Å². The summed E-state index contributed by atoms with van der Waals surface area (Å²) in [6.45, 7) is 1.81. The van der Waals surface area contributed by atoms with Crippen molar-refractivity contribution in [2.24, 2.45) is 0 Å². The number of aryl methyl sites for hydroxylation is 1. The van der Waals surface area contributed by atoms with Gasteiger partial charge in [-0.25, -0.2) is 4.98 Å². The third-order valence-electron chi connectivity index (χ3n) is 3.61. The Morgan fingerprint density at radius 3 is 2.48 bits per heavy atom. The van der Waals surface area contributed by atoms with E-state index >= 15 is 0 Å². The molecule has 0 bridgehead atoms. The summed E-state index contributed by atoms with van der Waals surface area (Å²) in [5.74, 6) is 1.75. The van der Waals surface area contributed by atoms with Crippen LogP contribution in [-0.4, -0.2) is 29.6 Å². The summed E-state index contributed by atoms with van der Waals surface area (Å²) in [6, 6.07) is 14.7. The molecule has 0 atom stereocenters. The van der Waals surface area contributed by atoms with Gasteiger partial charge < -0.3 is 19.8 Å². The number of H-pyrrole nitrogens is 1. The number of amides is 1. The number of anilines is 1. The predicted octanol–water partition coefficient (Wildman–Crippen LogP) is 3.41. The minimum absolute atomic E-state index is 0.0954. The van der Waals surface area contributed by atoms with Gasteiger partial charge in [0.15, 0.2) is 18.1 Å². The minimum Gasteiger partial charge on any atom is -0.493 e. The largest absolute Gasteiger partial charge is 0.493 e. The molecule has 6 nitrogen and oxygen atoms in total. The Morgan fingerprint density at radius 2 is 1.84 bits per heavy atom. The van der Waals surface area contributed by atoms with Crippen molar-refractivity contribution >= 4 is 11.6 Å². The molecule has 0 unspecified atom stereocenters. The van der Waals surface area contributed by atoms with E-state index in [-0.39, 0.29) is 12.5 Å². The van der Waals surface area contributed by atoms with Gasteiger partial charge in [-0.05, 0) is 36.8 Å². The van der Waals surface area contributed by atoms with E-state index < -0.39 is 0 Å². The number of aromatic amines is 1. The highest BCUT2D eigenvalue weighted by molar-refractivity contribution is 5.92. The third-order valence-corrected chi connectivity index (χ3v) is 3.61. The van der Waals surface area contributed by atoms with Crippen LogP contribution >= 0.6 is 0 Å². The maximum atomic E-state index is 12.1. The fourth-order valence-electron chi connectivity index (χ4n) is 2.38. The molecule has 128 valence electrons. The lowest BCUT2D eigenvalue weighted by atomic mass is 10.1. The number of ether oxygens (including phenoxy) is 2. The number of rotatable bonds is 6. The number of carbonyl (C=O) groups excluding carboxylic acids is 1. The second kappa shape index (κ2) is 7.53. The molecule has 1 heterocycles. The fourth-order valence-corrected chi connectivity index (χ4v) is 2.38. The summed E-state index contributed by atoms with van der Waals surface area (Å²) < 4.78 is 10.7. The number of aromatic nitrogens is 2. The number of nitrogens with one attached hydrogen (secondary N) is 2. The van der Waals surface area contributed by atoms with Crippen molar-refractivity contribution in [1.82, 2.24) is 9.97 Å². The van der Waals surface area contributed by atoms with Gasteiger partial charge in [0.25, 0.3) is 5.91 Å². The van der Waals surface area contributed by atoms with E-state index in [1.807, 2.05) is 43.3 Å². The van der Waals surface area contributed by atoms with Crippen LogP contribution in [0.2, 0.25) is 0 Å². The highest BCUT2D eigenvalue weighted by atomic mass is 16.5. The van der Waals surface area contributed by atoms with Gasteiger partial charge in [0.05, 0.1) is 19.0 Å². The number of benzene rings is 2. The van der Waals surface area contributed by atoms with Crippen LogP contribution in [0.3, 0.4) is 0 Å². The quantitative estimate of drug-likeness (QED) is 0.723. The summed E-state index contributed by atoms with van der Waals surface area (Å²) in [7, 11) is 1.56. The molecule has 1 aromatic heterocycles. The van der Waals surface area contributed by atoms with Crippen LogP contribution in [0.15, 0.2) is 54.7 Å². The van der Waals surface area contributed by atoms with Gasteiger partial charge in [-0.2, -0.15) is 0 Å². The summed E-state index contributed by atoms with van der Waals surface area (Å²) >= 11 is 0. The van der Waals surface area contributed by atoms with Gasteiger partial charge in [-0.15, -0.1) is 0 Å². The van der Waals surface area contributed by atoms with Crippen LogP contribution in [0.4, 0.5) is 5.69 Å². The maximum Gasteiger partial charge on any atom is 0.262 e. The van der Waals surface area contributed by atoms with E-state index in [2.05, 4.69) is 15.3 Å². The van der Waals surface area contributed by atoms with Crippen LogP contribution in [0.1, 0.15) is 5.82 Å². The molecule has 0 aliphatic rings. The second-order valence-corrected chi connectivity index (χ2v) is 5.45. The van der Waals surface area contributed by atoms with Crippen LogP contribution in [-0.2, 0) is 4.79 Å². The molecular weight excluding hydrogens is 318 g/mol. The van der Waals surface area contributed by atoms with Gasteiger partial charge >= 0.3 is 0 Å². The topological polar surface area (TPSA) is 76.2 Å². The molecule has 0 aliphatic carbocycles. The van der Waals surface area contributed by atoms with Gasteiger partial charge in [0, 0.05) is 5.69 Å². The average molecular weight is 337 g/mol. The zero-order chi connectivity index (χ0) is 17.6. The zero-order valence-electron chi connectivity index (χ0n) is 14.1. The normalized spacial score (nSPS) is 10.3. The average Bonchev–Trinajstić information content (AvgIpc) is 3.07. The lowest BCUT2D eigenvalue weighted by molar-refractivity contribution is -0.118. The molecule has 0 radical (unpaired) electrons. The Bertz CT molecular complexity index is 856. The number of para-hydroxylation sites is 2. The standard InChI is InChI=1S/C19H19N3O3/c1-13-20-11-16(21-13)14-7-9-15(10-8-14)22-19(23)12-25-18-6-4-3-5-17(18)24-2/h3-11H,12H2,1-2H3,(H,20,21)(H,22,23). The smallest absolute Gasteiger partial charge is 0.262 e. The van der Waals surface area contributed by atoms with Crippen molar-refractivity contribution in [1.29, 1.82) is 0 Å². The monoisotopic (exact) mass is 337 g/mol. The number of nitrogens with zero attached hydrogens (tertiary/aromatic N) is 1. The molecule has 3 rings (SSSR count). The van der Waals surface area contributed by atoms with Crippen LogP contribution in [0.25, 0.3) is 11.3 Å². The Labute approximate surface area is 145 Å². The Kier molecular flexibility index (Phi) is 4.99. The predicted molar refractivity (Wildman–Crippen MR) is 95.9 cm³/mol. The van der Waals surface area contributed by atoms with E-state index in [1.165, 1.54) is 0 Å². The van der Waals surface area contributed by atoms with Crippen LogP contribution < -0.4 is 14.8 Å². The molecule has 0 saturated carbocycles. The van der Waals surface area contributed by atoms with E-state index in [4.69, 9.17) is 9.47 Å². The Hall–Kier alpha value is -3.28.